The van der Waals surface area contributed by atoms with Gasteiger partial charge < -0.3 is 10.4 Å². The third kappa shape index (κ3) is 5.57. The minimum Gasteiger partial charge on any atom is -0.508 e. The zero-order valence-corrected chi connectivity index (χ0v) is 16.8. The fourth-order valence-corrected chi connectivity index (χ4v) is 4.27. The lowest BCUT2D eigenvalue weighted by molar-refractivity contribution is 0.115. The Morgan fingerprint density at radius 1 is 1.04 bits per heavy atom. The number of phenolic OH excluding ortho intramolecular Hbond substituents is 1. The van der Waals surface area contributed by atoms with Gasteiger partial charge in [0.15, 0.2) is 0 Å². The molecule has 0 spiro atoms. The highest BCUT2D eigenvalue weighted by Gasteiger charge is 2.28. The number of aromatic hydroxyl groups is 1. The number of benzene rings is 2. The molecule has 3 nitrogen and oxygen atoms in total. The van der Waals surface area contributed by atoms with E-state index < -0.39 is 0 Å². The standard InChI is InChI=1S/C24H34N2O/c1-3-15-25-24(22-9-11-23(27)12-10-22)19(2)26-16-13-21(14-17-26)18-20-7-5-4-6-8-20/h4-12,19,21,24-25,27H,3,13-18H2,1-2H3/t19-,24-/m1/s1. The molecule has 2 atom stereocenters. The van der Waals surface area contributed by atoms with E-state index in [9.17, 15) is 5.11 Å². The quantitative estimate of drug-likeness (QED) is 0.706. The predicted molar refractivity (Wildman–Crippen MR) is 113 cm³/mol. The molecule has 1 saturated heterocycles. The summed E-state index contributed by atoms with van der Waals surface area (Å²) >= 11 is 0. The fraction of sp³-hybridized carbons (Fsp3) is 0.500. The third-order valence-electron chi connectivity index (χ3n) is 5.94. The van der Waals surface area contributed by atoms with Crippen molar-refractivity contribution in [1.82, 2.24) is 10.2 Å². The van der Waals surface area contributed by atoms with Crippen LogP contribution in [0.1, 0.15) is 50.3 Å². The van der Waals surface area contributed by atoms with Gasteiger partial charge in [0.25, 0.3) is 0 Å². The summed E-state index contributed by atoms with van der Waals surface area (Å²) in [6.07, 6.45) is 4.88. The Morgan fingerprint density at radius 2 is 1.70 bits per heavy atom. The average Bonchev–Trinajstić information content (AvgIpc) is 2.71. The minimum atomic E-state index is 0.302. The van der Waals surface area contributed by atoms with Crippen LogP contribution in [0.5, 0.6) is 5.75 Å². The molecule has 1 heterocycles. The van der Waals surface area contributed by atoms with E-state index in [-0.39, 0.29) is 0 Å². The molecular weight excluding hydrogens is 332 g/mol. The molecule has 1 fully saturated rings. The molecule has 27 heavy (non-hydrogen) atoms. The number of piperidine rings is 1. The lowest BCUT2D eigenvalue weighted by atomic mass is 9.88. The summed E-state index contributed by atoms with van der Waals surface area (Å²) in [5.41, 5.74) is 2.73. The van der Waals surface area contributed by atoms with Crippen molar-refractivity contribution >= 4 is 0 Å². The maximum atomic E-state index is 9.62. The predicted octanol–water partition coefficient (Wildman–Crippen LogP) is 4.78. The Bertz CT molecular complexity index is 663. The maximum Gasteiger partial charge on any atom is 0.115 e. The van der Waals surface area contributed by atoms with E-state index in [4.69, 9.17) is 0 Å². The zero-order valence-electron chi connectivity index (χ0n) is 16.8. The molecule has 1 aliphatic rings. The largest absolute Gasteiger partial charge is 0.508 e. The molecule has 0 saturated carbocycles. The van der Waals surface area contributed by atoms with Gasteiger partial charge in [-0.2, -0.15) is 0 Å². The summed E-state index contributed by atoms with van der Waals surface area (Å²) in [6.45, 7) is 7.90. The van der Waals surface area contributed by atoms with Crippen LogP contribution in [-0.2, 0) is 6.42 Å². The summed E-state index contributed by atoms with van der Waals surface area (Å²) in [6, 6.07) is 19.4. The van der Waals surface area contributed by atoms with Gasteiger partial charge in [0.2, 0.25) is 0 Å². The Morgan fingerprint density at radius 3 is 2.33 bits per heavy atom. The third-order valence-corrected chi connectivity index (χ3v) is 5.94. The summed E-state index contributed by atoms with van der Waals surface area (Å²) in [5.74, 6) is 1.13. The second-order valence-corrected chi connectivity index (χ2v) is 7.93. The number of hydrogen-bond donors (Lipinski definition) is 2. The van der Waals surface area contributed by atoms with Crippen molar-refractivity contribution in [1.29, 1.82) is 0 Å². The van der Waals surface area contributed by atoms with Gasteiger partial charge in [0, 0.05) is 12.1 Å². The van der Waals surface area contributed by atoms with E-state index in [1.165, 1.54) is 43.5 Å². The van der Waals surface area contributed by atoms with Crippen LogP contribution in [0.2, 0.25) is 0 Å². The van der Waals surface area contributed by atoms with Crippen LogP contribution in [0.25, 0.3) is 0 Å². The molecule has 0 bridgehead atoms. The molecule has 2 N–H and O–H groups in total. The summed E-state index contributed by atoms with van der Waals surface area (Å²) in [4.78, 5) is 2.64. The first-order valence-corrected chi connectivity index (χ1v) is 10.5. The Balaban J connectivity index is 1.59. The molecule has 0 aliphatic carbocycles. The number of likely N-dealkylation sites (tertiary alicyclic amines) is 1. The van der Waals surface area contributed by atoms with E-state index in [0.29, 0.717) is 17.8 Å². The molecule has 0 amide bonds. The summed E-state index contributed by atoms with van der Waals surface area (Å²) < 4.78 is 0. The molecule has 146 valence electrons. The van der Waals surface area contributed by atoms with E-state index in [0.717, 1.165) is 18.9 Å². The number of nitrogens with zero attached hydrogens (tertiary/aromatic N) is 1. The molecule has 0 unspecified atom stereocenters. The van der Waals surface area contributed by atoms with Gasteiger partial charge in [-0.1, -0.05) is 49.4 Å². The highest BCUT2D eigenvalue weighted by atomic mass is 16.3. The maximum absolute atomic E-state index is 9.62. The van der Waals surface area contributed by atoms with Crippen LogP contribution >= 0.6 is 0 Å². The van der Waals surface area contributed by atoms with Gasteiger partial charge in [0.1, 0.15) is 5.75 Å². The topological polar surface area (TPSA) is 35.5 Å². The van der Waals surface area contributed by atoms with E-state index in [2.05, 4.69) is 66.5 Å². The fourth-order valence-electron chi connectivity index (χ4n) is 4.27. The average molecular weight is 367 g/mol. The first kappa shape index (κ1) is 19.9. The van der Waals surface area contributed by atoms with Crippen molar-refractivity contribution in [3.63, 3.8) is 0 Å². The second kappa shape index (κ2) is 9.91. The van der Waals surface area contributed by atoms with Crippen molar-refractivity contribution in [2.24, 2.45) is 5.92 Å². The molecule has 2 aromatic rings. The molecule has 3 heteroatoms. The van der Waals surface area contributed by atoms with Crippen LogP contribution in [0.3, 0.4) is 0 Å². The van der Waals surface area contributed by atoms with Crippen LogP contribution in [-0.4, -0.2) is 35.7 Å². The van der Waals surface area contributed by atoms with Crippen molar-refractivity contribution in [2.45, 2.75) is 51.6 Å². The molecular formula is C24H34N2O. The highest BCUT2D eigenvalue weighted by molar-refractivity contribution is 5.29. The monoisotopic (exact) mass is 366 g/mol. The second-order valence-electron chi connectivity index (χ2n) is 7.93. The molecule has 3 rings (SSSR count). The SMILES string of the molecule is CCCN[C@@H](c1ccc(O)cc1)[C@@H](C)N1CCC(Cc2ccccc2)CC1. The van der Waals surface area contributed by atoms with Crippen molar-refractivity contribution < 1.29 is 5.11 Å². The molecule has 0 radical (unpaired) electrons. The normalized spacial score (nSPS) is 18.3. The summed E-state index contributed by atoms with van der Waals surface area (Å²) in [5, 5.41) is 13.4. The Hall–Kier alpha value is -1.84. The van der Waals surface area contributed by atoms with Crippen molar-refractivity contribution in [3.05, 3.63) is 65.7 Å². The highest BCUT2D eigenvalue weighted by Crippen LogP contribution is 2.28. The number of rotatable bonds is 8. The number of nitrogens with one attached hydrogen (secondary N) is 1. The van der Waals surface area contributed by atoms with Crippen LogP contribution in [0.4, 0.5) is 0 Å². The molecule has 1 aliphatic heterocycles. The van der Waals surface area contributed by atoms with Gasteiger partial charge in [-0.15, -0.1) is 0 Å². The lowest BCUT2D eigenvalue weighted by Crippen LogP contribution is -2.46. The smallest absolute Gasteiger partial charge is 0.115 e. The first-order chi connectivity index (χ1) is 13.2. The van der Waals surface area contributed by atoms with Gasteiger partial charge in [-0.3, -0.25) is 4.90 Å². The van der Waals surface area contributed by atoms with E-state index in [1.807, 2.05) is 0 Å². The number of hydrogen-bond acceptors (Lipinski definition) is 3. The molecule has 2 aromatic carbocycles. The van der Waals surface area contributed by atoms with Gasteiger partial charge in [-0.25, -0.2) is 0 Å². The van der Waals surface area contributed by atoms with Gasteiger partial charge in [-0.05, 0) is 81.4 Å². The molecule has 0 aromatic heterocycles. The first-order valence-electron chi connectivity index (χ1n) is 10.5. The Labute approximate surface area is 164 Å². The van der Waals surface area contributed by atoms with Gasteiger partial charge in [0.05, 0.1) is 0 Å². The van der Waals surface area contributed by atoms with E-state index >= 15 is 0 Å². The van der Waals surface area contributed by atoms with E-state index in [1.54, 1.807) is 12.1 Å². The van der Waals surface area contributed by atoms with Crippen LogP contribution < -0.4 is 5.32 Å². The van der Waals surface area contributed by atoms with Crippen molar-refractivity contribution in [2.75, 3.05) is 19.6 Å². The zero-order chi connectivity index (χ0) is 19.1. The Kier molecular flexibility index (Phi) is 7.31. The van der Waals surface area contributed by atoms with Gasteiger partial charge >= 0.3 is 0 Å². The lowest BCUT2D eigenvalue weighted by Gasteiger charge is -2.40. The van der Waals surface area contributed by atoms with Crippen molar-refractivity contribution in [3.8, 4) is 5.75 Å². The van der Waals surface area contributed by atoms with Crippen LogP contribution in [0.15, 0.2) is 54.6 Å². The van der Waals surface area contributed by atoms with Crippen LogP contribution in [0, 0.1) is 5.92 Å². The number of phenols is 1. The summed E-state index contributed by atoms with van der Waals surface area (Å²) in [7, 11) is 0. The minimum absolute atomic E-state index is 0.302.